The maximum Gasteiger partial charge on any atom is 0.154 e. The zero-order valence-corrected chi connectivity index (χ0v) is 11.6. The Morgan fingerprint density at radius 2 is 1.89 bits per heavy atom. The topological polar surface area (TPSA) is 86.6 Å². The molecule has 0 bridgehead atoms. The zero-order chi connectivity index (χ0) is 13.4. The van der Waals surface area contributed by atoms with Gasteiger partial charge >= 0.3 is 0 Å². The van der Waals surface area contributed by atoms with E-state index in [1.165, 1.54) is 0 Å². The molecule has 2 rings (SSSR count). The van der Waals surface area contributed by atoms with E-state index in [1.54, 1.807) is 0 Å². The molecule has 0 radical (unpaired) electrons. The second-order valence-electron chi connectivity index (χ2n) is 6.02. The highest BCUT2D eigenvalue weighted by Gasteiger charge is 2.42. The van der Waals surface area contributed by atoms with Gasteiger partial charge in [0.05, 0.1) is 24.2 Å². The van der Waals surface area contributed by atoms with Gasteiger partial charge in [0.15, 0.2) is 9.84 Å². The summed E-state index contributed by atoms with van der Waals surface area (Å²) < 4.78 is 23.0. The molecule has 6 heteroatoms. The number of sulfone groups is 1. The lowest BCUT2D eigenvalue weighted by molar-refractivity contribution is 0.0702. The van der Waals surface area contributed by atoms with Crippen LogP contribution in [-0.2, 0) is 9.84 Å². The van der Waals surface area contributed by atoms with Crippen molar-refractivity contribution in [3.05, 3.63) is 0 Å². The first kappa shape index (κ1) is 14.2. The van der Waals surface area contributed by atoms with Crippen LogP contribution in [0.2, 0.25) is 0 Å². The number of rotatable bonds is 3. The molecule has 2 atom stereocenters. The van der Waals surface area contributed by atoms with Crippen LogP contribution < -0.4 is 5.32 Å². The Kier molecular flexibility index (Phi) is 4.02. The highest BCUT2D eigenvalue weighted by atomic mass is 32.2. The first-order valence-electron chi connectivity index (χ1n) is 6.63. The van der Waals surface area contributed by atoms with Crippen molar-refractivity contribution in [3.63, 3.8) is 0 Å². The van der Waals surface area contributed by atoms with Crippen molar-refractivity contribution in [1.82, 2.24) is 5.32 Å². The predicted octanol–water partition coefficient (Wildman–Crippen LogP) is -0.325. The Morgan fingerprint density at radius 3 is 2.33 bits per heavy atom. The van der Waals surface area contributed by atoms with Crippen molar-refractivity contribution in [2.75, 3.05) is 18.1 Å². The average molecular weight is 277 g/mol. The summed E-state index contributed by atoms with van der Waals surface area (Å²) in [6.07, 6.45) is 2.89. The summed E-state index contributed by atoms with van der Waals surface area (Å²) in [4.78, 5) is 0. The van der Waals surface area contributed by atoms with Crippen LogP contribution in [0.1, 0.15) is 32.6 Å². The minimum absolute atomic E-state index is 0.00296. The van der Waals surface area contributed by atoms with Crippen molar-refractivity contribution >= 4 is 9.84 Å². The average Bonchev–Trinajstić information content (AvgIpc) is 2.55. The fourth-order valence-corrected chi connectivity index (χ4v) is 4.76. The summed E-state index contributed by atoms with van der Waals surface area (Å²) in [7, 11) is -3.14. The maximum absolute atomic E-state index is 11.5. The second-order valence-corrected chi connectivity index (χ2v) is 8.17. The Hall–Kier alpha value is -0.170. The van der Waals surface area contributed by atoms with E-state index < -0.39 is 27.5 Å². The highest BCUT2D eigenvalue weighted by molar-refractivity contribution is 7.91. The Labute approximate surface area is 109 Å². The van der Waals surface area contributed by atoms with Gasteiger partial charge in [-0.05, 0) is 31.6 Å². The lowest BCUT2D eigenvalue weighted by atomic mass is 9.77. The summed E-state index contributed by atoms with van der Waals surface area (Å²) in [6.45, 7) is 2.19. The molecule has 2 unspecified atom stereocenters. The first-order chi connectivity index (χ1) is 8.36. The van der Waals surface area contributed by atoms with Gasteiger partial charge in [0, 0.05) is 11.6 Å². The fourth-order valence-electron chi connectivity index (χ4n) is 3.02. The Balaban J connectivity index is 2.03. The van der Waals surface area contributed by atoms with Gasteiger partial charge in [-0.25, -0.2) is 8.42 Å². The van der Waals surface area contributed by atoms with Gasteiger partial charge < -0.3 is 15.5 Å². The van der Waals surface area contributed by atoms with Crippen molar-refractivity contribution in [3.8, 4) is 0 Å². The molecule has 0 aromatic rings. The van der Waals surface area contributed by atoms with Gasteiger partial charge in [0.25, 0.3) is 0 Å². The molecule has 0 aromatic carbocycles. The van der Waals surface area contributed by atoms with Gasteiger partial charge in [0.1, 0.15) is 0 Å². The van der Waals surface area contributed by atoms with Crippen molar-refractivity contribution in [1.29, 1.82) is 0 Å². The second kappa shape index (κ2) is 5.07. The van der Waals surface area contributed by atoms with E-state index in [1.807, 2.05) is 0 Å². The molecule has 0 spiro atoms. The summed E-state index contributed by atoms with van der Waals surface area (Å²) in [5, 5.41) is 22.6. The molecule has 0 aromatic heterocycles. The summed E-state index contributed by atoms with van der Waals surface area (Å²) in [5.41, 5.74) is -0.405. The lowest BCUT2D eigenvalue weighted by Gasteiger charge is -2.41. The molecule has 2 fully saturated rings. The molecule has 18 heavy (non-hydrogen) atoms. The SMILES string of the molecule is CC1CCC(CO)(NC2CS(=O)(=O)CC2O)CC1. The van der Waals surface area contributed by atoms with Crippen LogP contribution in [-0.4, -0.2) is 54.4 Å². The third kappa shape index (κ3) is 3.04. The van der Waals surface area contributed by atoms with Crippen molar-refractivity contribution < 1.29 is 18.6 Å². The molecule has 2 aliphatic rings. The number of aliphatic hydroxyl groups excluding tert-OH is 2. The predicted molar refractivity (Wildman–Crippen MR) is 69.0 cm³/mol. The van der Waals surface area contributed by atoms with Crippen LogP contribution in [0.3, 0.4) is 0 Å². The summed E-state index contributed by atoms with van der Waals surface area (Å²) in [5.74, 6) is 0.470. The van der Waals surface area contributed by atoms with Crippen LogP contribution in [0.25, 0.3) is 0 Å². The van der Waals surface area contributed by atoms with Crippen molar-refractivity contribution in [2.24, 2.45) is 5.92 Å². The molecule has 1 saturated carbocycles. The third-order valence-corrected chi connectivity index (χ3v) is 6.06. The van der Waals surface area contributed by atoms with Gasteiger partial charge in [-0.15, -0.1) is 0 Å². The Bertz CT molecular complexity index is 387. The molecule has 1 aliphatic heterocycles. The number of hydrogen-bond acceptors (Lipinski definition) is 5. The number of hydrogen-bond donors (Lipinski definition) is 3. The van der Waals surface area contributed by atoms with Gasteiger partial charge in [0.2, 0.25) is 0 Å². The number of nitrogens with one attached hydrogen (secondary N) is 1. The van der Waals surface area contributed by atoms with E-state index in [0.717, 1.165) is 25.7 Å². The van der Waals surface area contributed by atoms with Crippen molar-refractivity contribution in [2.45, 2.75) is 50.3 Å². The molecular formula is C12H23NO4S. The van der Waals surface area contributed by atoms with Crippen LogP contribution in [0, 0.1) is 5.92 Å². The molecule has 106 valence electrons. The minimum Gasteiger partial charge on any atom is -0.394 e. The monoisotopic (exact) mass is 277 g/mol. The van der Waals surface area contributed by atoms with E-state index in [4.69, 9.17) is 0 Å². The largest absolute Gasteiger partial charge is 0.394 e. The smallest absolute Gasteiger partial charge is 0.154 e. The van der Waals surface area contributed by atoms with Gasteiger partial charge in [-0.2, -0.15) is 0 Å². The van der Waals surface area contributed by atoms with E-state index >= 15 is 0 Å². The standard InChI is InChI=1S/C12H23NO4S/c1-9-2-4-12(8-14,5-3-9)13-10-6-18(16,17)7-11(10)15/h9-11,13-15H,2-8H2,1H3. The number of aliphatic hydroxyl groups is 2. The molecule has 0 amide bonds. The molecule has 1 aliphatic carbocycles. The van der Waals surface area contributed by atoms with E-state index in [9.17, 15) is 18.6 Å². The molecular weight excluding hydrogens is 254 g/mol. The third-order valence-electron chi connectivity index (χ3n) is 4.35. The molecule has 5 nitrogen and oxygen atoms in total. The minimum atomic E-state index is -3.14. The van der Waals surface area contributed by atoms with Crippen LogP contribution in [0.4, 0.5) is 0 Å². The molecule has 1 heterocycles. The zero-order valence-electron chi connectivity index (χ0n) is 10.8. The van der Waals surface area contributed by atoms with E-state index in [0.29, 0.717) is 5.92 Å². The maximum atomic E-state index is 11.5. The first-order valence-corrected chi connectivity index (χ1v) is 8.45. The fraction of sp³-hybridized carbons (Fsp3) is 1.00. The molecule has 1 saturated heterocycles. The molecule has 3 N–H and O–H groups in total. The van der Waals surface area contributed by atoms with Crippen LogP contribution in [0.5, 0.6) is 0 Å². The summed E-state index contributed by atoms with van der Waals surface area (Å²) in [6, 6.07) is -0.435. The van der Waals surface area contributed by atoms with E-state index in [-0.39, 0.29) is 18.1 Å². The highest BCUT2D eigenvalue weighted by Crippen LogP contribution is 2.32. The van der Waals surface area contributed by atoms with Crippen LogP contribution in [0.15, 0.2) is 0 Å². The quantitative estimate of drug-likeness (QED) is 0.658. The van der Waals surface area contributed by atoms with Gasteiger partial charge in [-0.1, -0.05) is 6.92 Å². The normalized spacial score (nSPS) is 44.1. The Morgan fingerprint density at radius 1 is 1.28 bits per heavy atom. The van der Waals surface area contributed by atoms with Crippen LogP contribution >= 0.6 is 0 Å². The lowest BCUT2D eigenvalue weighted by Crippen LogP contribution is -2.57. The van der Waals surface area contributed by atoms with Gasteiger partial charge in [-0.3, -0.25) is 0 Å². The van der Waals surface area contributed by atoms with E-state index in [2.05, 4.69) is 12.2 Å². The summed E-state index contributed by atoms with van der Waals surface area (Å²) >= 11 is 0.